The van der Waals surface area contributed by atoms with Crippen LogP contribution in [0.5, 0.6) is 5.75 Å². The molecule has 1 aromatic heterocycles. The van der Waals surface area contributed by atoms with Crippen LogP contribution in [-0.2, 0) is 6.54 Å². The quantitative estimate of drug-likeness (QED) is 0.607. The first-order valence-corrected chi connectivity index (χ1v) is 10.4. The number of β-amino-alcohol motifs (C(OH)–C–C–N with tert-alkyl or cyclic N) is 1. The van der Waals surface area contributed by atoms with Crippen LogP contribution in [0.15, 0.2) is 63.8 Å². The molecule has 1 fully saturated rings. The molecule has 0 saturated carbocycles. The van der Waals surface area contributed by atoms with Gasteiger partial charge in [-0.1, -0.05) is 30.3 Å². The van der Waals surface area contributed by atoms with E-state index in [1.165, 1.54) is 11.6 Å². The molecule has 0 unspecified atom stereocenters. The number of aliphatic hydroxyl groups is 1. The number of aliphatic hydroxyl groups excluding tert-OH is 1. The lowest BCUT2D eigenvalue weighted by Crippen LogP contribution is -2.48. The van der Waals surface area contributed by atoms with E-state index in [1.807, 2.05) is 25.1 Å². The molecule has 0 radical (unpaired) electrons. The molecule has 1 aliphatic rings. The fourth-order valence-electron chi connectivity index (χ4n) is 3.91. The third-order valence-corrected chi connectivity index (χ3v) is 5.55. The predicted molar refractivity (Wildman–Crippen MR) is 117 cm³/mol. The van der Waals surface area contributed by atoms with E-state index in [2.05, 4.69) is 34.1 Å². The molecule has 4 rings (SSSR count). The molecule has 0 bridgehead atoms. The summed E-state index contributed by atoms with van der Waals surface area (Å²) in [6.07, 6.45) is -0.578. The molecule has 6 heteroatoms. The van der Waals surface area contributed by atoms with Crippen LogP contribution in [0.2, 0.25) is 0 Å². The molecule has 30 heavy (non-hydrogen) atoms. The molecule has 2 aromatic carbocycles. The van der Waals surface area contributed by atoms with Crippen LogP contribution < -0.4 is 10.4 Å². The molecular formula is C24H28N2O4. The summed E-state index contributed by atoms with van der Waals surface area (Å²) < 4.78 is 11.0. The number of piperazine rings is 1. The first-order valence-electron chi connectivity index (χ1n) is 10.4. The van der Waals surface area contributed by atoms with E-state index < -0.39 is 6.10 Å². The summed E-state index contributed by atoms with van der Waals surface area (Å²) in [4.78, 5) is 16.3. The number of aryl methyl sites for hydroxylation is 1. The minimum absolute atomic E-state index is 0.200. The summed E-state index contributed by atoms with van der Waals surface area (Å²) in [6.45, 7) is 7.49. The smallest absolute Gasteiger partial charge is 0.336 e. The van der Waals surface area contributed by atoms with Gasteiger partial charge in [-0.25, -0.2) is 4.79 Å². The zero-order valence-electron chi connectivity index (χ0n) is 17.3. The highest BCUT2D eigenvalue weighted by atomic mass is 16.5. The van der Waals surface area contributed by atoms with Gasteiger partial charge in [-0.15, -0.1) is 0 Å². The van der Waals surface area contributed by atoms with Gasteiger partial charge < -0.3 is 14.3 Å². The summed E-state index contributed by atoms with van der Waals surface area (Å²) in [5.74, 6) is 0.586. The van der Waals surface area contributed by atoms with Crippen molar-refractivity contribution >= 4 is 11.0 Å². The van der Waals surface area contributed by atoms with Crippen LogP contribution in [0.3, 0.4) is 0 Å². The van der Waals surface area contributed by atoms with Crippen LogP contribution in [-0.4, -0.2) is 60.3 Å². The van der Waals surface area contributed by atoms with Crippen molar-refractivity contribution in [1.82, 2.24) is 9.80 Å². The molecule has 0 spiro atoms. The molecule has 1 atom stereocenters. The Hall–Kier alpha value is -2.67. The Labute approximate surface area is 176 Å². The summed E-state index contributed by atoms with van der Waals surface area (Å²) in [5, 5.41) is 11.3. The van der Waals surface area contributed by atoms with Gasteiger partial charge >= 0.3 is 5.63 Å². The maximum absolute atomic E-state index is 11.6. The average molecular weight is 408 g/mol. The molecule has 0 amide bonds. The Kier molecular flexibility index (Phi) is 6.47. The maximum atomic E-state index is 11.6. The van der Waals surface area contributed by atoms with Crippen molar-refractivity contribution < 1.29 is 14.3 Å². The summed E-state index contributed by atoms with van der Waals surface area (Å²) in [6, 6.07) is 17.4. The number of hydrogen-bond donors (Lipinski definition) is 1. The number of nitrogens with zero attached hydrogens (tertiary/aromatic N) is 2. The molecule has 158 valence electrons. The van der Waals surface area contributed by atoms with Gasteiger partial charge in [0.25, 0.3) is 0 Å². The highest BCUT2D eigenvalue weighted by Gasteiger charge is 2.19. The van der Waals surface area contributed by atoms with Crippen LogP contribution in [0.4, 0.5) is 0 Å². The molecule has 1 aliphatic heterocycles. The zero-order valence-corrected chi connectivity index (χ0v) is 17.3. The molecular weight excluding hydrogens is 380 g/mol. The van der Waals surface area contributed by atoms with Gasteiger partial charge in [0.05, 0.1) is 0 Å². The first-order chi connectivity index (χ1) is 14.6. The fraction of sp³-hybridized carbons (Fsp3) is 0.375. The van der Waals surface area contributed by atoms with E-state index in [-0.39, 0.29) is 12.2 Å². The van der Waals surface area contributed by atoms with Gasteiger partial charge in [0.2, 0.25) is 0 Å². The summed E-state index contributed by atoms with van der Waals surface area (Å²) in [5.41, 5.74) is 2.34. The highest BCUT2D eigenvalue weighted by Crippen LogP contribution is 2.22. The minimum atomic E-state index is -0.578. The van der Waals surface area contributed by atoms with Crippen LogP contribution >= 0.6 is 0 Å². The monoisotopic (exact) mass is 408 g/mol. The second-order valence-corrected chi connectivity index (χ2v) is 7.93. The van der Waals surface area contributed by atoms with E-state index in [1.54, 1.807) is 6.07 Å². The number of benzene rings is 2. The van der Waals surface area contributed by atoms with Gasteiger partial charge in [-0.05, 0) is 30.2 Å². The third-order valence-electron chi connectivity index (χ3n) is 5.55. The highest BCUT2D eigenvalue weighted by molar-refractivity contribution is 5.81. The van der Waals surface area contributed by atoms with E-state index in [0.717, 1.165) is 43.7 Å². The SMILES string of the molecule is Cc1cc(=O)oc2cc(OC[C@H](O)CN3CCN(Cc4ccccc4)CC3)ccc12. The van der Waals surface area contributed by atoms with E-state index >= 15 is 0 Å². The normalized spacial score (nSPS) is 16.6. The average Bonchev–Trinajstić information content (AvgIpc) is 2.74. The maximum Gasteiger partial charge on any atom is 0.336 e. The molecule has 1 N–H and O–H groups in total. The summed E-state index contributed by atoms with van der Waals surface area (Å²) >= 11 is 0. The third kappa shape index (κ3) is 5.27. The topological polar surface area (TPSA) is 66.2 Å². The molecule has 3 aromatic rings. The lowest BCUT2D eigenvalue weighted by molar-refractivity contribution is 0.0446. The molecule has 0 aliphatic carbocycles. The first kappa shape index (κ1) is 20.6. The van der Waals surface area contributed by atoms with Gasteiger partial charge in [0.15, 0.2) is 0 Å². The molecule has 2 heterocycles. The summed E-state index contributed by atoms with van der Waals surface area (Å²) in [7, 11) is 0. The Bertz CT molecular complexity index is 1030. The standard InChI is InChI=1S/C24H28N2O4/c1-18-13-24(28)30-23-14-21(7-8-22(18)23)29-17-20(27)16-26-11-9-25(10-12-26)15-19-5-3-2-4-6-19/h2-8,13-14,20,27H,9-12,15-17H2,1H3/t20-/m1/s1. The van der Waals surface area contributed by atoms with Crippen molar-refractivity contribution in [2.45, 2.75) is 19.6 Å². The lowest BCUT2D eigenvalue weighted by atomic mass is 10.1. The predicted octanol–water partition coefficient (Wildman–Crippen LogP) is 2.66. The minimum Gasteiger partial charge on any atom is -0.491 e. The Morgan fingerprint density at radius 1 is 1.03 bits per heavy atom. The van der Waals surface area contributed by atoms with Crippen molar-refractivity contribution in [3.8, 4) is 5.75 Å². The number of fused-ring (bicyclic) bond motifs is 1. The van der Waals surface area contributed by atoms with Crippen molar-refractivity contribution in [3.05, 3.63) is 76.1 Å². The Morgan fingerprint density at radius 2 is 1.77 bits per heavy atom. The van der Waals surface area contributed by atoms with Crippen molar-refractivity contribution in [2.75, 3.05) is 39.3 Å². The Balaban J connectivity index is 1.24. The van der Waals surface area contributed by atoms with Crippen LogP contribution in [0.1, 0.15) is 11.1 Å². The lowest BCUT2D eigenvalue weighted by Gasteiger charge is -2.35. The molecule has 6 nitrogen and oxygen atoms in total. The van der Waals surface area contributed by atoms with Gasteiger partial charge in [0.1, 0.15) is 24.0 Å². The van der Waals surface area contributed by atoms with Crippen molar-refractivity contribution in [3.63, 3.8) is 0 Å². The second-order valence-electron chi connectivity index (χ2n) is 7.93. The van der Waals surface area contributed by atoms with Crippen molar-refractivity contribution in [1.29, 1.82) is 0 Å². The Morgan fingerprint density at radius 3 is 2.53 bits per heavy atom. The van der Waals surface area contributed by atoms with E-state index in [9.17, 15) is 9.90 Å². The van der Waals surface area contributed by atoms with E-state index in [0.29, 0.717) is 17.9 Å². The molecule has 1 saturated heterocycles. The van der Waals surface area contributed by atoms with Gasteiger partial charge in [-0.2, -0.15) is 0 Å². The number of rotatable bonds is 7. The fourth-order valence-corrected chi connectivity index (χ4v) is 3.91. The zero-order chi connectivity index (χ0) is 20.9. The largest absolute Gasteiger partial charge is 0.491 e. The van der Waals surface area contributed by atoms with Gasteiger partial charge in [-0.3, -0.25) is 9.80 Å². The van der Waals surface area contributed by atoms with Crippen LogP contribution in [0, 0.1) is 6.92 Å². The van der Waals surface area contributed by atoms with Crippen LogP contribution in [0.25, 0.3) is 11.0 Å². The number of ether oxygens (including phenoxy) is 1. The van der Waals surface area contributed by atoms with Gasteiger partial charge in [0, 0.05) is 56.8 Å². The number of hydrogen-bond acceptors (Lipinski definition) is 6. The second kappa shape index (κ2) is 9.43. The van der Waals surface area contributed by atoms with E-state index in [4.69, 9.17) is 9.15 Å². The van der Waals surface area contributed by atoms with Crippen molar-refractivity contribution in [2.24, 2.45) is 0 Å².